The van der Waals surface area contributed by atoms with Crippen LogP contribution in [0.5, 0.6) is 0 Å². The third kappa shape index (κ3) is 2.86. The van der Waals surface area contributed by atoms with Gasteiger partial charge in [0, 0.05) is 22.8 Å². The van der Waals surface area contributed by atoms with Crippen molar-refractivity contribution in [1.29, 1.82) is 0 Å². The van der Waals surface area contributed by atoms with Crippen molar-refractivity contribution in [2.45, 2.75) is 42.0 Å². The number of benzene rings is 1. The molecule has 0 N–H and O–H groups in total. The van der Waals surface area contributed by atoms with E-state index in [0.717, 1.165) is 12.8 Å². The van der Waals surface area contributed by atoms with Crippen LogP contribution in [0.2, 0.25) is 0 Å². The molecule has 2 rings (SSSR count). The first-order valence-corrected chi connectivity index (χ1v) is 9.88. The molecule has 1 aliphatic rings. The van der Waals surface area contributed by atoms with E-state index in [2.05, 4.69) is 0 Å². The Balaban J connectivity index is 2.41. The number of halogens is 1. The van der Waals surface area contributed by atoms with E-state index < -0.39 is 24.6 Å². The highest BCUT2D eigenvalue weighted by molar-refractivity contribution is 8.13. The van der Waals surface area contributed by atoms with E-state index >= 15 is 0 Å². The van der Waals surface area contributed by atoms with E-state index in [1.807, 2.05) is 13.8 Å². The van der Waals surface area contributed by atoms with Crippen LogP contribution in [-0.2, 0) is 19.1 Å². The molecule has 0 spiro atoms. The zero-order chi connectivity index (χ0) is 15.2. The van der Waals surface area contributed by atoms with Gasteiger partial charge in [0.05, 0.1) is 9.79 Å². The van der Waals surface area contributed by atoms with E-state index in [9.17, 15) is 16.8 Å². The Labute approximate surface area is 124 Å². The number of sulfonamides is 1. The number of hydrogen-bond acceptors (Lipinski definition) is 4. The molecule has 1 fully saturated rings. The van der Waals surface area contributed by atoms with E-state index in [1.165, 1.54) is 28.6 Å². The molecule has 8 heteroatoms. The molecule has 0 unspecified atom stereocenters. The van der Waals surface area contributed by atoms with Crippen LogP contribution in [0, 0.1) is 0 Å². The first-order chi connectivity index (χ1) is 9.05. The molecule has 1 saturated heterocycles. The van der Waals surface area contributed by atoms with Crippen LogP contribution in [0.3, 0.4) is 0 Å². The third-order valence-electron chi connectivity index (χ3n) is 3.52. The van der Waals surface area contributed by atoms with Gasteiger partial charge in [-0.05, 0) is 51.0 Å². The highest BCUT2D eigenvalue weighted by atomic mass is 35.7. The van der Waals surface area contributed by atoms with Crippen LogP contribution in [0.15, 0.2) is 34.1 Å². The summed E-state index contributed by atoms with van der Waals surface area (Å²) in [5, 5.41) is 0. The van der Waals surface area contributed by atoms with Crippen LogP contribution in [-0.4, -0.2) is 33.2 Å². The Morgan fingerprint density at radius 1 is 1.05 bits per heavy atom. The second-order valence-corrected chi connectivity index (χ2v) is 9.83. The molecule has 0 bridgehead atoms. The fourth-order valence-corrected chi connectivity index (χ4v) is 5.05. The average Bonchev–Trinajstić information content (AvgIpc) is 2.68. The first-order valence-electron chi connectivity index (χ1n) is 6.13. The van der Waals surface area contributed by atoms with Crippen molar-refractivity contribution in [3.8, 4) is 0 Å². The monoisotopic (exact) mass is 337 g/mol. The van der Waals surface area contributed by atoms with Gasteiger partial charge in [-0.3, -0.25) is 0 Å². The maximum Gasteiger partial charge on any atom is 0.261 e. The Kier molecular flexibility index (Phi) is 3.92. The summed E-state index contributed by atoms with van der Waals surface area (Å²) in [6.07, 6.45) is 1.63. The molecule has 1 aromatic carbocycles. The van der Waals surface area contributed by atoms with Gasteiger partial charge in [0.25, 0.3) is 9.05 Å². The highest BCUT2D eigenvalue weighted by Crippen LogP contribution is 2.34. The normalized spacial score (nSPS) is 20.1. The summed E-state index contributed by atoms with van der Waals surface area (Å²) >= 11 is 0. The number of rotatable bonds is 3. The molecule has 1 heterocycles. The summed E-state index contributed by atoms with van der Waals surface area (Å²) in [6.45, 7) is 4.25. The third-order valence-corrected chi connectivity index (χ3v) is 7.01. The minimum Gasteiger partial charge on any atom is -0.207 e. The topological polar surface area (TPSA) is 71.5 Å². The van der Waals surface area contributed by atoms with Gasteiger partial charge < -0.3 is 0 Å². The van der Waals surface area contributed by atoms with Crippen molar-refractivity contribution >= 4 is 29.8 Å². The lowest BCUT2D eigenvalue weighted by Gasteiger charge is -2.30. The van der Waals surface area contributed by atoms with Crippen molar-refractivity contribution < 1.29 is 16.8 Å². The summed E-state index contributed by atoms with van der Waals surface area (Å²) in [5.41, 5.74) is -0.421. The maximum absolute atomic E-state index is 12.6. The molecule has 1 aliphatic heterocycles. The Hall–Kier alpha value is -0.630. The zero-order valence-electron chi connectivity index (χ0n) is 11.2. The van der Waals surface area contributed by atoms with Crippen LogP contribution in [0.1, 0.15) is 26.7 Å². The second kappa shape index (κ2) is 4.98. The quantitative estimate of drug-likeness (QED) is 0.792. The van der Waals surface area contributed by atoms with E-state index in [1.54, 1.807) is 0 Å². The summed E-state index contributed by atoms with van der Waals surface area (Å²) in [5.74, 6) is 0. The molecular weight excluding hydrogens is 322 g/mol. The predicted octanol–water partition coefficient (Wildman–Crippen LogP) is 2.18. The SMILES string of the molecule is CC1(C)CCCN1S(=O)(=O)c1ccc(S(=O)(=O)Cl)cc1. The van der Waals surface area contributed by atoms with Crippen molar-refractivity contribution in [1.82, 2.24) is 4.31 Å². The highest BCUT2D eigenvalue weighted by Gasteiger charge is 2.40. The fourth-order valence-electron chi connectivity index (χ4n) is 2.43. The summed E-state index contributed by atoms with van der Waals surface area (Å²) < 4.78 is 48.9. The Morgan fingerprint density at radius 3 is 1.95 bits per heavy atom. The van der Waals surface area contributed by atoms with E-state index in [4.69, 9.17) is 10.7 Å². The van der Waals surface area contributed by atoms with Crippen molar-refractivity contribution in [2.24, 2.45) is 0 Å². The predicted molar refractivity (Wildman–Crippen MR) is 76.7 cm³/mol. The lowest BCUT2D eigenvalue weighted by Crippen LogP contribution is -2.42. The van der Waals surface area contributed by atoms with Gasteiger partial charge in [0.1, 0.15) is 0 Å². The van der Waals surface area contributed by atoms with Gasteiger partial charge in [-0.2, -0.15) is 4.31 Å². The minimum absolute atomic E-state index is 0.0801. The average molecular weight is 338 g/mol. The van der Waals surface area contributed by atoms with Gasteiger partial charge in [0.15, 0.2) is 0 Å². The lowest BCUT2D eigenvalue weighted by molar-refractivity contribution is 0.291. The molecule has 0 radical (unpaired) electrons. The summed E-state index contributed by atoms with van der Waals surface area (Å²) in [6, 6.07) is 4.97. The molecule has 0 saturated carbocycles. The molecule has 20 heavy (non-hydrogen) atoms. The van der Waals surface area contributed by atoms with E-state index in [-0.39, 0.29) is 9.79 Å². The second-order valence-electron chi connectivity index (χ2n) is 5.40. The molecule has 1 aromatic rings. The van der Waals surface area contributed by atoms with Crippen molar-refractivity contribution in [3.63, 3.8) is 0 Å². The number of nitrogens with zero attached hydrogens (tertiary/aromatic N) is 1. The zero-order valence-corrected chi connectivity index (χ0v) is 13.6. The molecule has 5 nitrogen and oxygen atoms in total. The molecule has 0 amide bonds. The van der Waals surface area contributed by atoms with Gasteiger partial charge in [-0.1, -0.05) is 0 Å². The van der Waals surface area contributed by atoms with Gasteiger partial charge >= 0.3 is 0 Å². The first kappa shape index (κ1) is 15.8. The standard InChI is InChI=1S/C12H16ClNO4S2/c1-12(2)8-3-9-14(12)20(17,18)11-6-4-10(5-7-11)19(13,15)16/h4-7H,3,8-9H2,1-2H3. The minimum atomic E-state index is -3.84. The van der Waals surface area contributed by atoms with Gasteiger partial charge in [-0.25, -0.2) is 16.8 Å². The molecular formula is C12H16ClNO4S2. The summed E-state index contributed by atoms with van der Waals surface area (Å²) in [4.78, 5) is -0.0321. The Morgan fingerprint density at radius 2 is 1.55 bits per heavy atom. The molecule has 0 aliphatic carbocycles. The van der Waals surface area contributed by atoms with E-state index in [0.29, 0.717) is 6.54 Å². The molecule has 112 valence electrons. The largest absolute Gasteiger partial charge is 0.261 e. The Bertz CT molecular complexity index is 708. The van der Waals surface area contributed by atoms with Crippen LogP contribution in [0.25, 0.3) is 0 Å². The lowest BCUT2D eigenvalue weighted by atomic mass is 10.0. The number of hydrogen-bond donors (Lipinski definition) is 0. The van der Waals surface area contributed by atoms with Crippen LogP contribution < -0.4 is 0 Å². The summed E-state index contributed by atoms with van der Waals surface area (Å²) in [7, 11) is -2.25. The molecule has 0 atom stereocenters. The van der Waals surface area contributed by atoms with Crippen molar-refractivity contribution in [3.05, 3.63) is 24.3 Å². The smallest absolute Gasteiger partial charge is 0.207 e. The van der Waals surface area contributed by atoms with Crippen LogP contribution in [0.4, 0.5) is 0 Å². The molecule has 0 aromatic heterocycles. The van der Waals surface area contributed by atoms with Gasteiger partial charge in [0.2, 0.25) is 10.0 Å². The van der Waals surface area contributed by atoms with Crippen molar-refractivity contribution in [2.75, 3.05) is 6.54 Å². The maximum atomic E-state index is 12.6. The van der Waals surface area contributed by atoms with Crippen LogP contribution >= 0.6 is 10.7 Å². The van der Waals surface area contributed by atoms with Gasteiger partial charge in [-0.15, -0.1) is 0 Å². The fraction of sp³-hybridized carbons (Fsp3) is 0.500.